The van der Waals surface area contributed by atoms with Crippen molar-refractivity contribution in [3.05, 3.63) is 27.8 Å². The van der Waals surface area contributed by atoms with Crippen LogP contribution >= 0.6 is 0 Å². The van der Waals surface area contributed by atoms with Crippen LogP contribution in [0.1, 0.15) is 5.56 Å². The van der Waals surface area contributed by atoms with E-state index in [4.69, 9.17) is 20.3 Å². The van der Waals surface area contributed by atoms with Gasteiger partial charge in [0.25, 0.3) is 5.69 Å². The summed E-state index contributed by atoms with van der Waals surface area (Å²) in [7, 11) is 1.22. The molecular formula is C11H13F3N2O5. The van der Waals surface area contributed by atoms with Crippen LogP contribution in [0.15, 0.2) is 12.1 Å². The SMILES string of the molecule is COc1cc(CN)c([N+](=O)[O-])cc1OCC(O)C(F)(F)F. The minimum atomic E-state index is -4.85. The Hall–Kier alpha value is -2.07. The first-order valence-electron chi connectivity index (χ1n) is 5.63. The number of rotatable bonds is 6. The fourth-order valence-corrected chi connectivity index (χ4v) is 1.46. The summed E-state index contributed by atoms with van der Waals surface area (Å²) in [5.74, 6) is -0.305. The van der Waals surface area contributed by atoms with Crippen molar-refractivity contribution in [1.29, 1.82) is 0 Å². The van der Waals surface area contributed by atoms with Gasteiger partial charge in [-0.3, -0.25) is 10.1 Å². The number of nitrogens with two attached hydrogens (primary N) is 1. The van der Waals surface area contributed by atoms with Gasteiger partial charge in [0.1, 0.15) is 6.61 Å². The van der Waals surface area contributed by atoms with Crippen molar-refractivity contribution in [3.63, 3.8) is 0 Å². The van der Waals surface area contributed by atoms with Gasteiger partial charge in [-0.15, -0.1) is 0 Å². The molecule has 0 saturated carbocycles. The van der Waals surface area contributed by atoms with Gasteiger partial charge < -0.3 is 20.3 Å². The molecule has 10 heteroatoms. The smallest absolute Gasteiger partial charge is 0.417 e. The van der Waals surface area contributed by atoms with E-state index in [1.54, 1.807) is 0 Å². The molecule has 0 aliphatic rings. The molecular weight excluding hydrogens is 297 g/mol. The van der Waals surface area contributed by atoms with Crippen LogP contribution in [-0.4, -0.2) is 36.0 Å². The molecule has 1 aromatic carbocycles. The topological polar surface area (TPSA) is 108 Å². The third kappa shape index (κ3) is 4.20. The highest BCUT2D eigenvalue weighted by molar-refractivity contribution is 5.54. The van der Waals surface area contributed by atoms with E-state index < -0.39 is 29.5 Å². The molecule has 0 aromatic heterocycles. The second-order valence-corrected chi connectivity index (χ2v) is 3.96. The minimum absolute atomic E-state index is 0.0181. The second kappa shape index (κ2) is 6.59. The van der Waals surface area contributed by atoms with Crippen LogP contribution in [0.3, 0.4) is 0 Å². The Morgan fingerprint density at radius 3 is 2.48 bits per heavy atom. The van der Waals surface area contributed by atoms with Crippen LogP contribution in [0.2, 0.25) is 0 Å². The van der Waals surface area contributed by atoms with Gasteiger partial charge in [0, 0.05) is 12.1 Å². The fraction of sp³-hybridized carbons (Fsp3) is 0.455. The van der Waals surface area contributed by atoms with Crippen molar-refractivity contribution in [3.8, 4) is 11.5 Å². The third-order valence-electron chi connectivity index (χ3n) is 2.56. The van der Waals surface area contributed by atoms with Crippen molar-refractivity contribution in [1.82, 2.24) is 0 Å². The van der Waals surface area contributed by atoms with Gasteiger partial charge in [-0.05, 0) is 6.07 Å². The number of nitro groups is 1. The molecule has 0 heterocycles. The summed E-state index contributed by atoms with van der Waals surface area (Å²) in [6, 6.07) is 2.11. The molecule has 7 nitrogen and oxygen atoms in total. The van der Waals surface area contributed by atoms with E-state index >= 15 is 0 Å². The Balaban J connectivity index is 3.05. The third-order valence-corrected chi connectivity index (χ3v) is 2.56. The first-order chi connectivity index (χ1) is 9.70. The number of benzene rings is 1. The number of hydrogen-bond acceptors (Lipinski definition) is 6. The lowest BCUT2D eigenvalue weighted by atomic mass is 10.1. The van der Waals surface area contributed by atoms with Crippen LogP contribution < -0.4 is 15.2 Å². The summed E-state index contributed by atoms with van der Waals surface area (Å²) in [6.45, 7) is -1.27. The van der Waals surface area contributed by atoms with Crippen LogP contribution in [0.5, 0.6) is 11.5 Å². The summed E-state index contributed by atoms with van der Waals surface area (Å²) in [4.78, 5) is 10.1. The first-order valence-corrected chi connectivity index (χ1v) is 5.63. The molecule has 1 unspecified atom stereocenters. The Bertz CT molecular complexity index is 521. The normalized spacial score (nSPS) is 12.9. The predicted octanol–water partition coefficient (Wildman–Crippen LogP) is 1.36. The standard InChI is InChI=1S/C11H13F3N2O5/c1-20-8-2-6(4-15)7(16(18)19)3-9(8)21-5-10(17)11(12,13)14/h2-3,10,17H,4-5,15H2,1H3. The van der Waals surface area contributed by atoms with Crippen LogP contribution in [0.25, 0.3) is 0 Å². The highest BCUT2D eigenvalue weighted by Gasteiger charge is 2.39. The molecule has 21 heavy (non-hydrogen) atoms. The van der Waals surface area contributed by atoms with Gasteiger partial charge in [0.15, 0.2) is 17.6 Å². The molecule has 1 rings (SSSR count). The van der Waals surface area contributed by atoms with E-state index in [-0.39, 0.29) is 23.6 Å². The van der Waals surface area contributed by atoms with E-state index in [0.29, 0.717) is 0 Å². The van der Waals surface area contributed by atoms with Crippen molar-refractivity contribution in [2.75, 3.05) is 13.7 Å². The number of methoxy groups -OCH3 is 1. The Morgan fingerprint density at radius 2 is 2.05 bits per heavy atom. The number of alkyl halides is 3. The molecule has 1 aromatic rings. The van der Waals surface area contributed by atoms with E-state index in [2.05, 4.69) is 0 Å². The maximum Gasteiger partial charge on any atom is 0.417 e. The van der Waals surface area contributed by atoms with Gasteiger partial charge >= 0.3 is 6.18 Å². The fourth-order valence-electron chi connectivity index (χ4n) is 1.46. The van der Waals surface area contributed by atoms with E-state index in [1.165, 1.54) is 13.2 Å². The van der Waals surface area contributed by atoms with Crippen LogP contribution in [0, 0.1) is 10.1 Å². The molecule has 0 amide bonds. The molecule has 0 aliphatic heterocycles. The lowest BCUT2D eigenvalue weighted by molar-refractivity contribution is -0.385. The van der Waals surface area contributed by atoms with E-state index in [9.17, 15) is 23.3 Å². The van der Waals surface area contributed by atoms with Crippen molar-refractivity contribution < 1.29 is 32.7 Å². The van der Waals surface area contributed by atoms with Gasteiger partial charge in [-0.25, -0.2) is 0 Å². The van der Waals surface area contributed by atoms with Crippen molar-refractivity contribution >= 4 is 5.69 Å². The van der Waals surface area contributed by atoms with Gasteiger partial charge in [0.2, 0.25) is 0 Å². The van der Waals surface area contributed by atoms with E-state index in [1.807, 2.05) is 0 Å². The first kappa shape index (κ1) is 17.0. The molecule has 0 bridgehead atoms. The summed E-state index contributed by atoms with van der Waals surface area (Å²) in [5.41, 5.74) is 5.08. The Labute approximate surface area is 117 Å². The van der Waals surface area contributed by atoms with Crippen molar-refractivity contribution in [2.45, 2.75) is 18.8 Å². The largest absolute Gasteiger partial charge is 0.493 e. The highest BCUT2D eigenvalue weighted by Crippen LogP contribution is 2.35. The number of hydrogen-bond donors (Lipinski definition) is 2. The van der Waals surface area contributed by atoms with Gasteiger partial charge in [-0.1, -0.05) is 0 Å². The Kier molecular flexibility index (Phi) is 5.33. The molecule has 0 aliphatic carbocycles. The average molecular weight is 310 g/mol. The quantitative estimate of drug-likeness (QED) is 0.607. The lowest BCUT2D eigenvalue weighted by Crippen LogP contribution is -2.34. The number of aliphatic hydroxyl groups excluding tert-OH is 1. The number of nitro benzene ring substituents is 1. The van der Waals surface area contributed by atoms with Gasteiger partial charge in [0.05, 0.1) is 18.1 Å². The number of nitrogens with zero attached hydrogens (tertiary/aromatic N) is 1. The molecule has 3 N–H and O–H groups in total. The van der Waals surface area contributed by atoms with Crippen molar-refractivity contribution in [2.24, 2.45) is 5.73 Å². The minimum Gasteiger partial charge on any atom is -0.493 e. The zero-order valence-electron chi connectivity index (χ0n) is 10.9. The molecule has 1 atom stereocenters. The monoisotopic (exact) mass is 310 g/mol. The zero-order chi connectivity index (χ0) is 16.2. The maximum absolute atomic E-state index is 12.2. The van der Waals surface area contributed by atoms with Crippen LogP contribution in [-0.2, 0) is 6.54 Å². The molecule has 0 fully saturated rings. The highest BCUT2D eigenvalue weighted by atomic mass is 19.4. The maximum atomic E-state index is 12.2. The Morgan fingerprint density at radius 1 is 1.43 bits per heavy atom. The summed E-state index contributed by atoms with van der Waals surface area (Å²) in [5, 5.41) is 19.7. The van der Waals surface area contributed by atoms with Gasteiger partial charge in [-0.2, -0.15) is 13.2 Å². The molecule has 0 spiro atoms. The predicted molar refractivity (Wildman–Crippen MR) is 65.1 cm³/mol. The zero-order valence-corrected chi connectivity index (χ0v) is 10.9. The number of halogens is 3. The van der Waals surface area contributed by atoms with Crippen LogP contribution in [0.4, 0.5) is 18.9 Å². The molecule has 0 saturated heterocycles. The second-order valence-electron chi connectivity index (χ2n) is 3.96. The molecule has 0 radical (unpaired) electrons. The summed E-state index contributed by atoms with van der Waals surface area (Å²) < 4.78 is 46.2. The number of ether oxygens (including phenoxy) is 2. The summed E-state index contributed by atoms with van der Waals surface area (Å²) in [6.07, 6.45) is -7.56. The average Bonchev–Trinajstić information content (AvgIpc) is 2.42. The molecule has 118 valence electrons. The summed E-state index contributed by atoms with van der Waals surface area (Å²) >= 11 is 0. The lowest BCUT2D eigenvalue weighted by Gasteiger charge is -2.17. The van der Waals surface area contributed by atoms with E-state index in [0.717, 1.165) is 6.07 Å². The number of aliphatic hydroxyl groups is 1.